The number of rotatable bonds is 2. The first kappa shape index (κ1) is 9.18. The Bertz CT molecular complexity index is 579. The smallest absolute Gasteiger partial charge is 0.352 e. The maximum Gasteiger partial charge on any atom is 0.352 e. The molecule has 0 unspecified atom stereocenters. The molecular formula is C10H6N2O3. The van der Waals surface area contributed by atoms with Gasteiger partial charge in [0.05, 0.1) is 5.69 Å². The predicted molar refractivity (Wildman–Crippen MR) is 53.0 cm³/mol. The molecule has 1 heterocycles. The normalized spacial score (nSPS) is 9.87. The molecular weight excluding hydrogens is 196 g/mol. The number of benzene rings is 1. The quantitative estimate of drug-likeness (QED) is 0.575. The number of nitrogens with zero attached hydrogens (tertiary/aromatic N) is 1. The second kappa shape index (κ2) is 3.40. The molecule has 0 bridgehead atoms. The van der Waals surface area contributed by atoms with Gasteiger partial charge in [0, 0.05) is 10.9 Å². The summed E-state index contributed by atoms with van der Waals surface area (Å²) >= 11 is 0. The summed E-state index contributed by atoms with van der Waals surface area (Å²) in [6, 6.07) is 6.45. The summed E-state index contributed by atoms with van der Waals surface area (Å²) in [4.78, 5) is 27.0. The fourth-order valence-electron chi connectivity index (χ4n) is 1.40. The van der Waals surface area contributed by atoms with E-state index < -0.39 is 5.97 Å². The van der Waals surface area contributed by atoms with Crippen molar-refractivity contribution in [3.63, 3.8) is 0 Å². The minimum absolute atomic E-state index is 0.0681. The Morgan fingerprint density at radius 2 is 2.27 bits per heavy atom. The summed E-state index contributed by atoms with van der Waals surface area (Å²) in [5.41, 5.74) is 1.11. The number of carboxylic acid groups (broad SMARTS) is 1. The maximum atomic E-state index is 10.7. The third kappa shape index (κ3) is 1.51. The zero-order chi connectivity index (χ0) is 10.8. The molecule has 2 N–H and O–H groups in total. The zero-order valence-corrected chi connectivity index (χ0v) is 7.52. The molecule has 5 nitrogen and oxygen atoms in total. The number of isocyanates is 1. The van der Waals surface area contributed by atoms with Crippen LogP contribution in [0.1, 0.15) is 10.5 Å². The lowest BCUT2D eigenvalue weighted by molar-refractivity contribution is 0.0691. The highest BCUT2D eigenvalue weighted by molar-refractivity contribution is 5.98. The van der Waals surface area contributed by atoms with Gasteiger partial charge in [-0.2, -0.15) is 4.99 Å². The highest BCUT2D eigenvalue weighted by atomic mass is 16.4. The molecule has 2 rings (SSSR count). The minimum Gasteiger partial charge on any atom is -0.477 e. The largest absolute Gasteiger partial charge is 0.477 e. The Balaban J connectivity index is 2.74. The predicted octanol–water partition coefficient (Wildman–Crippen LogP) is 1.83. The van der Waals surface area contributed by atoms with Crippen molar-refractivity contribution < 1.29 is 14.7 Å². The standard InChI is InChI=1S/C10H6N2O3/c13-5-11-7-2-1-3-8-6(7)4-9(12-8)10(14)15/h1-4,12H,(H,14,15). The summed E-state index contributed by atoms with van der Waals surface area (Å²) in [7, 11) is 0. The number of fused-ring (bicyclic) bond motifs is 1. The van der Waals surface area contributed by atoms with Crippen molar-refractivity contribution in [1.29, 1.82) is 0 Å². The van der Waals surface area contributed by atoms with Crippen molar-refractivity contribution in [2.45, 2.75) is 0 Å². The lowest BCUT2D eigenvalue weighted by Crippen LogP contribution is -1.94. The van der Waals surface area contributed by atoms with Crippen LogP contribution in [0, 0.1) is 0 Å². The second-order valence-corrected chi connectivity index (χ2v) is 2.93. The highest BCUT2D eigenvalue weighted by Gasteiger charge is 2.09. The van der Waals surface area contributed by atoms with Crippen LogP contribution in [-0.2, 0) is 4.79 Å². The van der Waals surface area contributed by atoms with E-state index in [1.807, 2.05) is 0 Å². The first-order valence-electron chi connectivity index (χ1n) is 4.15. The van der Waals surface area contributed by atoms with Gasteiger partial charge in [-0.15, -0.1) is 0 Å². The summed E-state index contributed by atoms with van der Waals surface area (Å²) in [5, 5.41) is 9.36. The van der Waals surface area contributed by atoms with Crippen molar-refractivity contribution in [1.82, 2.24) is 4.98 Å². The van der Waals surface area contributed by atoms with Crippen molar-refractivity contribution in [2.24, 2.45) is 4.99 Å². The van der Waals surface area contributed by atoms with Crippen LogP contribution in [0.5, 0.6) is 0 Å². The average Bonchev–Trinajstić information content (AvgIpc) is 2.63. The molecule has 0 aliphatic heterocycles. The van der Waals surface area contributed by atoms with E-state index >= 15 is 0 Å². The number of aromatic nitrogens is 1. The number of aliphatic imine (C=N–C) groups is 1. The van der Waals surface area contributed by atoms with Gasteiger partial charge in [-0.25, -0.2) is 9.59 Å². The molecule has 0 aliphatic carbocycles. The van der Waals surface area contributed by atoms with E-state index in [2.05, 4.69) is 9.98 Å². The van der Waals surface area contributed by atoms with Gasteiger partial charge in [-0.3, -0.25) is 0 Å². The number of carboxylic acids is 1. The van der Waals surface area contributed by atoms with Crippen LogP contribution in [0.2, 0.25) is 0 Å². The van der Waals surface area contributed by atoms with Crippen molar-refractivity contribution in [2.75, 3.05) is 0 Å². The van der Waals surface area contributed by atoms with Gasteiger partial charge >= 0.3 is 5.97 Å². The molecule has 0 aliphatic rings. The fourth-order valence-corrected chi connectivity index (χ4v) is 1.40. The molecule has 0 atom stereocenters. The van der Waals surface area contributed by atoms with E-state index in [0.717, 1.165) is 0 Å². The van der Waals surface area contributed by atoms with E-state index in [1.54, 1.807) is 18.2 Å². The van der Waals surface area contributed by atoms with Gasteiger partial charge in [0.25, 0.3) is 0 Å². The van der Waals surface area contributed by atoms with Crippen LogP contribution in [-0.4, -0.2) is 22.1 Å². The average molecular weight is 202 g/mol. The van der Waals surface area contributed by atoms with Gasteiger partial charge in [0.2, 0.25) is 6.08 Å². The summed E-state index contributed by atoms with van der Waals surface area (Å²) in [6.45, 7) is 0. The molecule has 74 valence electrons. The summed E-state index contributed by atoms with van der Waals surface area (Å²) in [5.74, 6) is -1.05. The number of aromatic carboxylic acids is 1. The van der Waals surface area contributed by atoms with Crippen LogP contribution >= 0.6 is 0 Å². The van der Waals surface area contributed by atoms with Gasteiger partial charge in [0.15, 0.2) is 0 Å². The Kier molecular flexibility index (Phi) is 2.08. The highest BCUT2D eigenvalue weighted by Crippen LogP contribution is 2.26. The molecule has 0 spiro atoms. The third-order valence-corrected chi connectivity index (χ3v) is 2.04. The van der Waals surface area contributed by atoms with Crippen molar-refractivity contribution in [3.8, 4) is 0 Å². The lowest BCUT2D eigenvalue weighted by Gasteiger charge is -1.91. The Labute approximate surface area is 84.1 Å². The van der Waals surface area contributed by atoms with E-state index in [-0.39, 0.29) is 5.69 Å². The zero-order valence-electron chi connectivity index (χ0n) is 7.52. The summed E-state index contributed by atoms with van der Waals surface area (Å²) < 4.78 is 0. The number of hydrogen-bond acceptors (Lipinski definition) is 3. The Morgan fingerprint density at radius 3 is 2.93 bits per heavy atom. The van der Waals surface area contributed by atoms with Crippen LogP contribution in [0.3, 0.4) is 0 Å². The van der Waals surface area contributed by atoms with Gasteiger partial charge in [-0.1, -0.05) is 6.07 Å². The molecule has 2 aromatic rings. The van der Waals surface area contributed by atoms with Crippen molar-refractivity contribution >= 4 is 28.6 Å². The molecule has 0 saturated carbocycles. The lowest BCUT2D eigenvalue weighted by atomic mass is 10.2. The molecule has 1 aromatic heterocycles. The number of carbonyl (C=O) groups excluding carboxylic acids is 1. The first-order valence-corrected chi connectivity index (χ1v) is 4.15. The van der Waals surface area contributed by atoms with Crippen LogP contribution in [0.15, 0.2) is 29.3 Å². The monoisotopic (exact) mass is 202 g/mol. The maximum absolute atomic E-state index is 10.7. The molecule has 0 saturated heterocycles. The molecule has 0 amide bonds. The first-order chi connectivity index (χ1) is 7.22. The summed E-state index contributed by atoms with van der Waals surface area (Å²) in [6.07, 6.45) is 1.43. The molecule has 0 fully saturated rings. The minimum atomic E-state index is -1.05. The number of aromatic amines is 1. The van der Waals surface area contributed by atoms with E-state index in [1.165, 1.54) is 12.1 Å². The van der Waals surface area contributed by atoms with Crippen LogP contribution < -0.4 is 0 Å². The number of nitrogens with one attached hydrogen (secondary N) is 1. The van der Waals surface area contributed by atoms with Gasteiger partial charge in [-0.05, 0) is 18.2 Å². The molecule has 0 radical (unpaired) electrons. The van der Waals surface area contributed by atoms with Gasteiger partial charge in [0.1, 0.15) is 5.69 Å². The van der Waals surface area contributed by atoms with Crippen molar-refractivity contribution in [3.05, 3.63) is 30.0 Å². The molecule has 1 aromatic carbocycles. The second-order valence-electron chi connectivity index (χ2n) is 2.93. The number of carbonyl (C=O) groups is 1. The number of hydrogen-bond donors (Lipinski definition) is 2. The van der Waals surface area contributed by atoms with E-state index in [4.69, 9.17) is 5.11 Å². The van der Waals surface area contributed by atoms with Gasteiger partial charge < -0.3 is 10.1 Å². The fraction of sp³-hybridized carbons (Fsp3) is 0. The van der Waals surface area contributed by atoms with Crippen LogP contribution in [0.4, 0.5) is 5.69 Å². The topological polar surface area (TPSA) is 82.5 Å². The Morgan fingerprint density at radius 1 is 1.47 bits per heavy atom. The molecule has 15 heavy (non-hydrogen) atoms. The SMILES string of the molecule is O=C=Nc1cccc2[nH]c(C(=O)O)cc12. The van der Waals surface area contributed by atoms with E-state index in [0.29, 0.717) is 16.6 Å². The number of H-pyrrole nitrogens is 1. The van der Waals surface area contributed by atoms with E-state index in [9.17, 15) is 9.59 Å². The Hall–Kier alpha value is -2.39. The third-order valence-electron chi connectivity index (χ3n) is 2.04. The van der Waals surface area contributed by atoms with Crippen LogP contribution in [0.25, 0.3) is 10.9 Å². The molecule has 5 heteroatoms.